The Kier molecular flexibility index (Phi) is 3.79. The Labute approximate surface area is 102 Å². The van der Waals surface area contributed by atoms with Crippen molar-refractivity contribution in [3.63, 3.8) is 0 Å². The first-order chi connectivity index (χ1) is 8.22. The van der Waals surface area contributed by atoms with E-state index in [4.69, 9.17) is 0 Å². The molecule has 1 atom stereocenters. The van der Waals surface area contributed by atoms with Gasteiger partial charge < -0.3 is 10.4 Å². The van der Waals surface area contributed by atoms with Gasteiger partial charge in [0.05, 0.1) is 12.1 Å². The molecule has 1 aliphatic carbocycles. The molecule has 0 amide bonds. The van der Waals surface area contributed by atoms with Crippen molar-refractivity contribution in [3.05, 3.63) is 35.6 Å². The molecule has 0 saturated heterocycles. The fourth-order valence-electron chi connectivity index (χ4n) is 2.17. The Morgan fingerprint density at radius 2 is 2.12 bits per heavy atom. The zero-order chi connectivity index (χ0) is 12.3. The molecule has 1 fully saturated rings. The van der Waals surface area contributed by atoms with Crippen molar-refractivity contribution in [1.82, 2.24) is 5.32 Å². The molecule has 0 bridgehead atoms. The summed E-state index contributed by atoms with van der Waals surface area (Å²) in [5.41, 5.74) is -0.0563. The van der Waals surface area contributed by atoms with Crippen LogP contribution in [0.2, 0.25) is 0 Å². The highest BCUT2D eigenvalue weighted by molar-refractivity contribution is 5.26. The van der Waals surface area contributed by atoms with Crippen LogP contribution in [0, 0.1) is 11.7 Å². The minimum atomic E-state index is -0.631. The zero-order valence-corrected chi connectivity index (χ0v) is 10.2. The van der Waals surface area contributed by atoms with Crippen LogP contribution in [-0.4, -0.2) is 18.3 Å². The van der Waals surface area contributed by atoms with Gasteiger partial charge in [0.1, 0.15) is 5.82 Å². The van der Waals surface area contributed by atoms with Crippen molar-refractivity contribution >= 4 is 0 Å². The Bertz CT molecular complexity index is 372. The summed E-state index contributed by atoms with van der Waals surface area (Å²) >= 11 is 0. The van der Waals surface area contributed by atoms with Gasteiger partial charge in [-0.25, -0.2) is 4.39 Å². The highest BCUT2D eigenvalue weighted by Gasteiger charge is 2.33. The first-order valence-corrected chi connectivity index (χ1v) is 6.33. The van der Waals surface area contributed by atoms with E-state index in [1.54, 1.807) is 12.1 Å². The maximum atomic E-state index is 13.8. The quantitative estimate of drug-likeness (QED) is 0.796. The van der Waals surface area contributed by atoms with Crippen LogP contribution in [0.4, 0.5) is 4.39 Å². The number of halogens is 1. The molecule has 17 heavy (non-hydrogen) atoms. The van der Waals surface area contributed by atoms with E-state index in [-0.39, 0.29) is 12.4 Å². The standard InChI is InChI=1S/C14H20FNO/c1-2-14(10-17,16-9-11-7-8-11)12-5-3-4-6-13(12)15/h3-6,11,16-17H,2,7-10H2,1H3. The third-order valence-corrected chi connectivity index (χ3v) is 3.69. The normalized spacial score (nSPS) is 19.0. The fourth-order valence-corrected chi connectivity index (χ4v) is 2.17. The first-order valence-electron chi connectivity index (χ1n) is 6.33. The van der Waals surface area contributed by atoms with Gasteiger partial charge in [-0.2, -0.15) is 0 Å². The number of benzene rings is 1. The Morgan fingerprint density at radius 1 is 1.41 bits per heavy atom. The van der Waals surface area contributed by atoms with Gasteiger partial charge in [0.2, 0.25) is 0 Å². The molecule has 0 aliphatic heterocycles. The monoisotopic (exact) mass is 237 g/mol. The van der Waals surface area contributed by atoms with E-state index in [0.717, 1.165) is 6.54 Å². The van der Waals surface area contributed by atoms with Crippen LogP contribution in [0.1, 0.15) is 31.7 Å². The number of rotatable bonds is 6. The molecule has 0 radical (unpaired) electrons. The molecule has 2 nitrogen and oxygen atoms in total. The number of aliphatic hydroxyl groups is 1. The second-order valence-corrected chi connectivity index (χ2v) is 4.90. The van der Waals surface area contributed by atoms with Crippen LogP contribution in [0.3, 0.4) is 0 Å². The maximum absolute atomic E-state index is 13.8. The summed E-state index contributed by atoms with van der Waals surface area (Å²) in [6.45, 7) is 2.77. The minimum absolute atomic E-state index is 0.0723. The summed E-state index contributed by atoms with van der Waals surface area (Å²) in [6, 6.07) is 6.71. The predicted octanol–water partition coefficient (Wildman–Crippen LogP) is 2.42. The molecule has 1 aliphatic rings. The molecular weight excluding hydrogens is 217 g/mol. The third-order valence-electron chi connectivity index (χ3n) is 3.69. The van der Waals surface area contributed by atoms with Crippen molar-refractivity contribution in [1.29, 1.82) is 0 Å². The second kappa shape index (κ2) is 5.15. The zero-order valence-electron chi connectivity index (χ0n) is 10.2. The van der Waals surface area contributed by atoms with Crippen LogP contribution in [0.5, 0.6) is 0 Å². The molecule has 1 saturated carbocycles. The largest absolute Gasteiger partial charge is 0.394 e. The van der Waals surface area contributed by atoms with Crippen LogP contribution in [-0.2, 0) is 5.54 Å². The SMILES string of the molecule is CCC(CO)(NCC1CC1)c1ccccc1F. The summed E-state index contributed by atoms with van der Waals surface area (Å²) in [4.78, 5) is 0. The molecule has 1 aromatic rings. The molecule has 0 aromatic heterocycles. The second-order valence-electron chi connectivity index (χ2n) is 4.90. The molecule has 2 N–H and O–H groups in total. The number of nitrogens with one attached hydrogen (secondary N) is 1. The maximum Gasteiger partial charge on any atom is 0.128 e. The fraction of sp³-hybridized carbons (Fsp3) is 0.571. The lowest BCUT2D eigenvalue weighted by Crippen LogP contribution is -2.46. The van der Waals surface area contributed by atoms with Crippen LogP contribution in [0.15, 0.2) is 24.3 Å². The van der Waals surface area contributed by atoms with Gasteiger partial charge in [-0.05, 0) is 37.8 Å². The highest BCUT2D eigenvalue weighted by Crippen LogP contribution is 2.32. The lowest BCUT2D eigenvalue weighted by atomic mass is 9.87. The molecule has 3 heteroatoms. The van der Waals surface area contributed by atoms with E-state index in [1.165, 1.54) is 18.9 Å². The van der Waals surface area contributed by atoms with Crippen molar-refractivity contribution < 1.29 is 9.50 Å². The lowest BCUT2D eigenvalue weighted by Gasteiger charge is -2.33. The molecule has 1 aromatic carbocycles. The van der Waals surface area contributed by atoms with Crippen LogP contribution < -0.4 is 5.32 Å². The number of aliphatic hydroxyl groups excluding tert-OH is 1. The van der Waals surface area contributed by atoms with E-state index in [0.29, 0.717) is 17.9 Å². The molecule has 0 heterocycles. The number of hydrogen-bond acceptors (Lipinski definition) is 2. The van der Waals surface area contributed by atoms with E-state index in [9.17, 15) is 9.50 Å². The summed E-state index contributed by atoms with van der Waals surface area (Å²) in [5, 5.41) is 13.0. The van der Waals surface area contributed by atoms with Crippen molar-refractivity contribution in [2.24, 2.45) is 5.92 Å². The van der Waals surface area contributed by atoms with E-state index in [2.05, 4.69) is 5.32 Å². The molecule has 1 unspecified atom stereocenters. The summed E-state index contributed by atoms with van der Waals surface area (Å²) in [7, 11) is 0. The summed E-state index contributed by atoms with van der Waals surface area (Å²) < 4.78 is 13.8. The van der Waals surface area contributed by atoms with Crippen LogP contribution >= 0.6 is 0 Å². The topological polar surface area (TPSA) is 32.3 Å². The van der Waals surface area contributed by atoms with Gasteiger partial charge in [0.15, 0.2) is 0 Å². The average molecular weight is 237 g/mol. The van der Waals surface area contributed by atoms with Gasteiger partial charge in [0.25, 0.3) is 0 Å². The predicted molar refractivity (Wildman–Crippen MR) is 66.2 cm³/mol. The average Bonchev–Trinajstić information content (AvgIpc) is 3.17. The molecule has 0 spiro atoms. The molecular formula is C14H20FNO. The van der Waals surface area contributed by atoms with E-state index >= 15 is 0 Å². The Hall–Kier alpha value is -0.930. The van der Waals surface area contributed by atoms with Crippen molar-refractivity contribution in [2.75, 3.05) is 13.2 Å². The van der Waals surface area contributed by atoms with Gasteiger partial charge in [-0.3, -0.25) is 0 Å². The van der Waals surface area contributed by atoms with Crippen molar-refractivity contribution in [2.45, 2.75) is 31.7 Å². The highest BCUT2D eigenvalue weighted by atomic mass is 19.1. The summed E-state index contributed by atoms with van der Waals surface area (Å²) in [6.07, 6.45) is 3.17. The third kappa shape index (κ3) is 2.67. The first kappa shape index (κ1) is 12.5. The lowest BCUT2D eigenvalue weighted by molar-refractivity contribution is 0.150. The van der Waals surface area contributed by atoms with Crippen molar-refractivity contribution in [3.8, 4) is 0 Å². The van der Waals surface area contributed by atoms with Gasteiger partial charge in [-0.15, -0.1) is 0 Å². The molecule has 2 rings (SSSR count). The summed E-state index contributed by atoms with van der Waals surface area (Å²) in [5.74, 6) is 0.464. The minimum Gasteiger partial charge on any atom is -0.394 e. The van der Waals surface area contributed by atoms with Gasteiger partial charge >= 0.3 is 0 Å². The Balaban J connectivity index is 2.21. The van der Waals surface area contributed by atoms with E-state index in [1.807, 2.05) is 13.0 Å². The smallest absolute Gasteiger partial charge is 0.128 e. The van der Waals surface area contributed by atoms with Gasteiger partial charge in [-0.1, -0.05) is 25.1 Å². The number of hydrogen-bond donors (Lipinski definition) is 2. The van der Waals surface area contributed by atoms with Gasteiger partial charge in [0, 0.05) is 5.56 Å². The Morgan fingerprint density at radius 3 is 2.65 bits per heavy atom. The van der Waals surface area contributed by atoms with E-state index < -0.39 is 5.54 Å². The van der Waals surface area contributed by atoms with Crippen LogP contribution in [0.25, 0.3) is 0 Å². The molecule has 94 valence electrons.